The fourth-order valence-electron chi connectivity index (χ4n) is 1.19. The molecule has 0 aliphatic rings. The molecule has 0 radical (unpaired) electrons. The highest BCUT2D eigenvalue weighted by atomic mass is 35.5. The van der Waals surface area contributed by atoms with Gasteiger partial charge in [0.15, 0.2) is 5.65 Å². The second-order valence-electron chi connectivity index (χ2n) is 2.75. The van der Waals surface area contributed by atoms with Gasteiger partial charge in [-0.25, -0.2) is 4.98 Å². The SMILES string of the molecule is CCc1cc(N)n2ncc(Cl)c2n1. The third kappa shape index (κ3) is 1.23. The number of fused-ring (bicyclic) bond motifs is 1. The lowest BCUT2D eigenvalue weighted by Crippen LogP contribution is -2.02. The smallest absolute Gasteiger partial charge is 0.176 e. The zero-order valence-corrected chi connectivity index (χ0v) is 7.91. The van der Waals surface area contributed by atoms with E-state index in [-0.39, 0.29) is 0 Å². The van der Waals surface area contributed by atoms with Gasteiger partial charge in [0.05, 0.1) is 6.20 Å². The van der Waals surface area contributed by atoms with Gasteiger partial charge in [-0.15, -0.1) is 0 Å². The summed E-state index contributed by atoms with van der Waals surface area (Å²) in [7, 11) is 0. The van der Waals surface area contributed by atoms with E-state index in [0.717, 1.165) is 12.1 Å². The molecule has 2 aromatic rings. The molecule has 4 nitrogen and oxygen atoms in total. The molecule has 0 fully saturated rings. The molecule has 0 amide bonds. The van der Waals surface area contributed by atoms with Crippen LogP contribution in [-0.4, -0.2) is 14.6 Å². The Morgan fingerprint density at radius 1 is 1.62 bits per heavy atom. The monoisotopic (exact) mass is 196 g/mol. The van der Waals surface area contributed by atoms with Crippen LogP contribution in [0.4, 0.5) is 5.82 Å². The third-order valence-electron chi connectivity index (χ3n) is 1.87. The molecule has 0 atom stereocenters. The van der Waals surface area contributed by atoms with Gasteiger partial charge in [-0.05, 0) is 6.42 Å². The second-order valence-corrected chi connectivity index (χ2v) is 3.16. The molecule has 2 N–H and O–H groups in total. The Labute approximate surface area is 80.3 Å². The quantitative estimate of drug-likeness (QED) is 0.753. The van der Waals surface area contributed by atoms with Gasteiger partial charge in [-0.2, -0.15) is 9.61 Å². The summed E-state index contributed by atoms with van der Waals surface area (Å²) >= 11 is 5.87. The zero-order chi connectivity index (χ0) is 9.42. The lowest BCUT2D eigenvalue weighted by molar-refractivity contribution is 0.924. The van der Waals surface area contributed by atoms with Crippen LogP contribution in [0.5, 0.6) is 0 Å². The lowest BCUT2D eigenvalue weighted by atomic mass is 10.3. The largest absolute Gasteiger partial charge is 0.384 e. The summed E-state index contributed by atoms with van der Waals surface area (Å²) < 4.78 is 1.53. The second kappa shape index (κ2) is 2.88. The topological polar surface area (TPSA) is 56.2 Å². The first-order valence-electron chi connectivity index (χ1n) is 4.01. The van der Waals surface area contributed by atoms with Crippen LogP contribution in [0, 0.1) is 0 Å². The summed E-state index contributed by atoms with van der Waals surface area (Å²) in [6, 6.07) is 1.80. The van der Waals surface area contributed by atoms with Crippen LogP contribution in [0.1, 0.15) is 12.6 Å². The molecule has 2 heterocycles. The molecule has 0 aliphatic carbocycles. The van der Waals surface area contributed by atoms with E-state index in [4.69, 9.17) is 17.3 Å². The normalized spacial score (nSPS) is 10.9. The van der Waals surface area contributed by atoms with E-state index < -0.39 is 0 Å². The molecule has 0 aromatic carbocycles. The summed E-state index contributed by atoms with van der Waals surface area (Å²) in [5, 5.41) is 4.52. The van der Waals surface area contributed by atoms with Crippen molar-refractivity contribution in [1.82, 2.24) is 14.6 Å². The Hall–Kier alpha value is -1.29. The van der Waals surface area contributed by atoms with E-state index >= 15 is 0 Å². The van der Waals surface area contributed by atoms with Crippen molar-refractivity contribution in [3.05, 3.63) is 23.0 Å². The van der Waals surface area contributed by atoms with Gasteiger partial charge in [0.2, 0.25) is 0 Å². The van der Waals surface area contributed by atoms with E-state index in [2.05, 4.69) is 10.1 Å². The van der Waals surface area contributed by atoms with E-state index in [1.165, 1.54) is 4.52 Å². The predicted octanol–water partition coefficient (Wildman–Crippen LogP) is 1.53. The Morgan fingerprint density at radius 3 is 3.08 bits per heavy atom. The van der Waals surface area contributed by atoms with Crippen molar-refractivity contribution >= 4 is 23.1 Å². The molecule has 2 aromatic heterocycles. The zero-order valence-electron chi connectivity index (χ0n) is 7.16. The molecule has 68 valence electrons. The Balaban J connectivity index is 2.80. The first-order valence-corrected chi connectivity index (χ1v) is 4.38. The third-order valence-corrected chi connectivity index (χ3v) is 2.14. The predicted molar refractivity (Wildman–Crippen MR) is 51.8 cm³/mol. The molecule has 0 saturated carbocycles. The van der Waals surface area contributed by atoms with Crippen LogP contribution in [0.3, 0.4) is 0 Å². The molecular weight excluding hydrogens is 188 g/mol. The number of nitrogens with two attached hydrogens (primary N) is 1. The summed E-state index contributed by atoms with van der Waals surface area (Å²) in [5.74, 6) is 0.564. The molecule has 2 rings (SSSR count). The van der Waals surface area contributed by atoms with Crippen LogP contribution in [0.2, 0.25) is 5.02 Å². The van der Waals surface area contributed by atoms with Gasteiger partial charge in [-0.1, -0.05) is 18.5 Å². The number of rotatable bonds is 1. The first-order chi connectivity index (χ1) is 6.22. The van der Waals surface area contributed by atoms with Crippen LogP contribution in [0.25, 0.3) is 5.65 Å². The number of aryl methyl sites for hydroxylation is 1. The highest BCUT2D eigenvalue weighted by molar-refractivity contribution is 6.33. The fraction of sp³-hybridized carbons (Fsp3) is 0.250. The molecule has 0 aliphatic heterocycles. The molecule has 13 heavy (non-hydrogen) atoms. The van der Waals surface area contributed by atoms with Crippen molar-refractivity contribution in [2.45, 2.75) is 13.3 Å². The minimum Gasteiger partial charge on any atom is -0.384 e. The maximum absolute atomic E-state index is 5.87. The average molecular weight is 197 g/mol. The number of anilines is 1. The van der Waals surface area contributed by atoms with E-state index in [0.29, 0.717) is 16.5 Å². The molecule has 0 unspecified atom stereocenters. The van der Waals surface area contributed by atoms with Crippen molar-refractivity contribution in [1.29, 1.82) is 0 Å². The highest BCUT2D eigenvalue weighted by Crippen LogP contribution is 2.17. The van der Waals surface area contributed by atoms with Gasteiger partial charge < -0.3 is 5.73 Å². The highest BCUT2D eigenvalue weighted by Gasteiger charge is 2.06. The average Bonchev–Trinajstić information content (AvgIpc) is 2.48. The molecule has 0 saturated heterocycles. The minimum atomic E-state index is 0.530. The standard InChI is InChI=1S/C8H9ClN4/c1-2-5-3-7(10)13-8(12-5)6(9)4-11-13/h3-4H,2,10H2,1H3. The minimum absolute atomic E-state index is 0.530. The van der Waals surface area contributed by atoms with Gasteiger partial charge in [0.1, 0.15) is 10.8 Å². The molecule has 0 bridgehead atoms. The maximum atomic E-state index is 5.87. The molecule has 0 spiro atoms. The van der Waals surface area contributed by atoms with Crippen molar-refractivity contribution in [3.63, 3.8) is 0 Å². The van der Waals surface area contributed by atoms with Gasteiger partial charge in [0.25, 0.3) is 0 Å². The van der Waals surface area contributed by atoms with E-state index in [1.54, 1.807) is 12.3 Å². The number of aromatic nitrogens is 3. The summed E-state index contributed by atoms with van der Waals surface area (Å²) in [6.45, 7) is 2.02. The summed E-state index contributed by atoms with van der Waals surface area (Å²) in [5.41, 5.74) is 7.29. The Kier molecular flexibility index (Phi) is 1.84. The maximum Gasteiger partial charge on any atom is 0.176 e. The number of hydrogen-bond acceptors (Lipinski definition) is 3. The number of nitrogens with zero attached hydrogens (tertiary/aromatic N) is 3. The van der Waals surface area contributed by atoms with E-state index in [1.807, 2.05) is 6.92 Å². The number of nitrogen functional groups attached to an aromatic ring is 1. The van der Waals surface area contributed by atoms with Crippen molar-refractivity contribution in [3.8, 4) is 0 Å². The Bertz CT molecular complexity index is 449. The van der Waals surface area contributed by atoms with Crippen LogP contribution < -0.4 is 5.73 Å². The summed E-state index contributed by atoms with van der Waals surface area (Å²) in [4.78, 5) is 4.30. The molecule has 5 heteroatoms. The lowest BCUT2D eigenvalue weighted by Gasteiger charge is -2.01. The number of hydrogen-bond donors (Lipinski definition) is 1. The van der Waals surface area contributed by atoms with Gasteiger partial charge >= 0.3 is 0 Å². The Morgan fingerprint density at radius 2 is 2.38 bits per heavy atom. The number of halogens is 1. The molecular formula is C8H9ClN4. The van der Waals surface area contributed by atoms with Crippen LogP contribution in [0.15, 0.2) is 12.3 Å². The van der Waals surface area contributed by atoms with Gasteiger partial charge in [0, 0.05) is 11.8 Å². The fourth-order valence-corrected chi connectivity index (χ4v) is 1.36. The first kappa shape index (κ1) is 8.31. The van der Waals surface area contributed by atoms with Crippen molar-refractivity contribution in [2.75, 3.05) is 5.73 Å². The summed E-state index contributed by atoms with van der Waals surface area (Å²) in [6.07, 6.45) is 2.38. The van der Waals surface area contributed by atoms with Crippen LogP contribution in [-0.2, 0) is 6.42 Å². The van der Waals surface area contributed by atoms with Crippen molar-refractivity contribution < 1.29 is 0 Å². The van der Waals surface area contributed by atoms with Crippen molar-refractivity contribution in [2.24, 2.45) is 0 Å². The van der Waals surface area contributed by atoms with Crippen LogP contribution >= 0.6 is 11.6 Å². The van der Waals surface area contributed by atoms with Gasteiger partial charge in [-0.3, -0.25) is 0 Å². The van der Waals surface area contributed by atoms with E-state index in [9.17, 15) is 0 Å².